The zero-order chi connectivity index (χ0) is 19.6. The number of furan rings is 1. The maximum absolute atomic E-state index is 5.89. The second-order valence-electron chi connectivity index (χ2n) is 7.74. The molecule has 2 atom stereocenters. The molecule has 1 fully saturated rings. The fraction of sp³-hybridized carbons (Fsp3) is 0.292. The summed E-state index contributed by atoms with van der Waals surface area (Å²) in [5.41, 5.74) is 3.78. The molecule has 148 valence electrons. The quantitative estimate of drug-likeness (QED) is 0.544. The van der Waals surface area contributed by atoms with E-state index in [4.69, 9.17) is 4.42 Å². The van der Waals surface area contributed by atoms with Gasteiger partial charge in [-0.1, -0.05) is 18.2 Å². The molecule has 0 saturated carbocycles. The summed E-state index contributed by atoms with van der Waals surface area (Å²) < 4.78 is 5.89. The maximum Gasteiger partial charge on any atom is 0.125 e. The number of H-pyrrole nitrogens is 1. The van der Waals surface area contributed by atoms with Crippen LogP contribution < -0.4 is 0 Å². The maximum atomic E-state index is 5.89. The van der Waals surface area contributed by atoms with Gasteiger partial charge in [-0.05, 0) is 42.8 Å². The highest BCUT2D eigenvalue weighted by molar-refractivity contribution is 5.84. The largest absolute Gasteiger partial charge is 0.467 e. The number of fused-ring (bicyclic) bond motifs is 1. The zero-order valence-corrected chi connectivity index (χ0v) is 16.7. The molecule has 2 unspecified atom stereocenters. The Morgan fingerprint density at radius 1 is 0.931 bits per heavy atom. The molecule has 0 spiro atoms. The van der Waals surface area contributed by atoms with Crippen molar-refractivity contribution in [3.63, 3.8) is 0 Å². The van der Waals surface area contributed by atoms with Crippen LogP contribution >= 0.6 is 0 Å². The fourth-order valence-corrected chi connectivity index (χ4v) is 4.53. The molecule has 4 heterocycles. The summed E-state index contributed by atoms with van der Waals surface area (Å²) >= 11 is 0. The lowest BCUT2D eigenvalue weighted by Crippen LogP contribution is -2.48. The first-order valence-electron chi connectivity index (χ1n) is 10.3. The van der Waals surface area contributed by atoms with E-state index in [9.17, 15) is 0 Å². The van der Waals surface area contributed by atoms with E-state index in [1.165, 1.54) is 22.0 Å². The fourth-order valence-electron chi connectivity index (χ4n) is 4.53. The first-order chi connectivity index (χ1) is 14.3. The lowest BCUT2D eigenvalue weighted by molar-refractivity contribution is 0.0782. The van der Waals surface area contributed by atoms with E-state index in [-0.39, 0.29) is 6.04 Å². The first-order valence-corrected chi connectivity index (χ1v) is 10.3. The average molecular weight is 386 g/mol. The van der Waals surface area contributed by atoms with Crippen LogP contribution in [0.3, 0.4) is 0 Å². The number of para-hydroxylation sites is 1. The number of hydrogen-bond acceptors (Lipinski definition) is 4. The van der Waals surface area contributed by atoms with Crippen molar-refractivity contribution in [2.75, 3.05) is 26.2 Å². The number of nitrogens with one attached hydrogen (secondary N) is 1. The molecular weight excluding hydrogens is 360 g/mol. The number of nitrogens with zero attached hydrogens (tertiary/aromatic N) is 3. The third-order valence-corrected chi connectivity index (χ3v) is 6.18. The minimum Gasteiger partial charge on any atom is -0.467 e. The Morgan fingerprint density at radius 2 is 1.69 bits per heavy atom. The molecule has 5 nitrogen and oxygen atoms in total. The van der Waals surface area contributed by atoms with Gasteiger partial charge in [-0.25, -0.2) is 0 Å². The summed E-state index contributed by atoms with van der Waals surface area (Å²) in [7, 11) is 0. The van der Waals surface area contributed by atoms with E-state index in [1.54, 1.807) is 6.26 Å². The highest BCUT2D eigenvalue weighted by Gasteiger charge is 2.31. The molecule has 5 rings (SSSR count). The van der Waals surface area contributed by atoms with Crippen molar-refractivity contribution < 1.29 is 4.42 Å². The van der Waals surface area contributed by atoms with Crippen molar-refractivity contribution in [1.29, 1.82) is 0 Å². The molecule has 1 aliphatic rings. The van der Waals surface area contributed by atoms with Crippen molar-refractivity contribution in [3.05, 3.63) is 90.3 Å². The summed E-state index contributed by atoms with van der Waals surface area (Å²) in [4.78, 5) is 12.7. The molecule has 0 bridgehead atoms. The average Bonchev–Trinajstić information content (AvgIpc) is 3.46. The van der Waals surface area contributed by atoms with Crippen LogP contribution in [0.5, 0.6) is 0 Å². The number of aromatic amines is 1. The number of pyridine rings is 1. The predicted molar refractivity (Wildman–Crippen MR) is 115 cm³/mol. The Labute approximate surface area is 171 Å². The van der Waals surface area contributed by atoms with Crippen LogP contribution in [0.2, 0.25) is 0 Å². The number of piperazine rings is 1. The second kappa shape index (κ2) is 7.85. The van der Waals surface area contributed by atoms with Gasteiger partial charge < -0.3 is 9.40 Å². The lowest BCUT2D eigenvalue weighted by atomic mass is 10.0. The number of benzene rings is 1. The number of aromatic nitrogens is 2. The molecule has 1 aromatic carbocycles. The lowest BCUT2D eigenvalue weighted by Gasteiger charge is -2.41. The van der Waals surface area contributed by atoms with Gasteiger partial charge >= 0.3 is 0 Å². The standard InChI is InChI=1S/C24H26N4O/c1-18(19-8-10-25-11-9-19)27-12-14-28(15-13-27)24(23-7-4-16-29-23)21-17-26-22-6-3-2-5-20(21)22/h2-11,16-18,24,26H,12-15H2,1H3. The van der Waals surface area contributed by atoms with Crippen molar-refractivity contribution in [1.82, 2.24) is 19.8 Å². The summed E-state index contributed by atoms with van der Waals surface area (Å²) in [6.07, 6.45) is 7.68. The normalized spacial score (nSPS) is 18.1. The Kier molecular flexibility index (Phi) is 4.92. The van der Waals surface area contributed by atoms with E-state index in [0.29, 0.717) is 6.04 Å². The Balaban J connectivity index is 1.39. The van der Waals surface area contributed by atoms with Crippen LogP contribution in [-0.4, -0.2) is 45.9 Å². The van der Waals surface area contributed by atoms with E-state index >= 15 is 0 Å². The van der Waals surface area contributed by atoms with Crippen molar-refractivity contribution in [3.8, 4) is 0 Å². The van der Waals surface area contributed by atoms with Gasteiger partial charge in [0.2, 0.25) is 0 Å². The Morgan fingerprint density at radius 3 is 2.45 bits per heavy atom. The summed E-state index contributed by atoms with van der Waals surface area (Å²) in [6, 6.07) is 17.3. The van der Waals surface area contributed by atoms with Crippen molar-refractivity contribution >= 4 is 10.9 Å². The highest BCUT2D eigenvalue weighted by Crippen LogP contribution is 2.35. The minimum absolute atomic E-state index is 0.125. The third kappa shape index (κ3) is 3.48. The molecule has 1 N–H and O–H groups in total. The van der Waals surface area contributed by atoms with Crippen LogP contribution in [0.4, 0.5) is 0 Å². The molecule has 0 aliphatic carbocycles. The van der Waals surface area contributed by atoms with Gasteiger partial charge in [0.05, 0.1) is 12.3 Å². The molecule has 3 aromatic heterocycles. The molecule has 0 amide bonds. The highest BCUT2D eigenvalue weighted by atomic mass is 16.3. The molecular formula is C24H26N4O. The van der Waals surface area contributed by atoms with Gasteiger partial charge in [-0.3, -0.25) is 14.8 Å². The van der Waals surface area contributed by atoms with Crippen LogP contribution in [0.1, 0.15) is 35.9 Å². The Bertz CT molecular complexity index is 1050. The zero-order valence-electron chi connectivity index (χ0n) is 16.7. The Hall–Kier alpha value is -2.89. The van der Waals surface area contributed by atoms with Gasteiger partial charge in [0.15, 0.2) is 0 Å². The van der Waals surface area contributed by atoms with E-state index in [0.717, 1.165) is 31.9 Å². The van der Waals surface area contributed by atoms with Gasteiger partial charge in [-0.15, -0.1) is 0 Å². The summed E-state index contributed by atoms with van der Waals surface area (Å²) in [6.45, 7) is 6.35. The van der Waals surface area contributed by atoms with E-state index in [2.05, 4.69) is 75.4 Å². The SMILES string of the molecule is CC(c1ccncc1)N1CCN(C(c2ccco2)c2c[nH]c3ccccc23)CC1. The molecule has 4 aromatic rings. The van der Waals surface area contributed by atoms with Gasteiger partial charge in [0.1, 0.15) is 5.76 Å². The molecule has 1 aliphatic heterocycles. The molecule has 0 radical (unpaired) electrons. The van der Waals surface area contributed by atoms with Crippen LogP contribution in [-0.2, 0) is 0 Å². The summed E-state index contributed by atoms with van der Waals surface area (Å²) in [5.74, 6) is 1.00. The predicted octanol–water partition coefficient (Wildman–Crippen LogP) is 4.62. The monoisotopic (exact) mass is 386 g/mol. The van der Waals surface area contributed by atoms with Crippen LogP contribution in [0.25, 0.3) is 10.9 Å². The van der Waals surface area contributed by atoms with Crippen LogP contribution in [0, 0.1) is 0 Å². The molecule has 1 saturated heterocycles. The van der Waals surface area contributed by atoms with E-state index in [1.807, 2.05) is 18.5 Å². The third-order valence-electron chi connectivity index (χ3n) is 6.18. The molecule has 5 heteroatoms. The minimum atomic E-state index is 0.125. The smallest absolute Gasteiger partial charge is 0.125 e. The van der Waals surface area contributed by atoms with Crippen molar-refractivity contribution in [2.45, 2.75) is 19.0 Å². The van der Waals surface area contributed by atoms with Gasteiger partial charge in [-0.2, -0.15) is 0 Å². The first kappa shape index (κ1) is 18.2. The number of rotatable bonds is 5. The van der Waals surface area contributed by atoms with Crippen LogP contribution in [0.15, 0.2) is 77.8 Å². The van der Waals surface area contributed by atoms with Crippen molar-refractivity contribution in [2.24, 2.45) is 0 Å². The molecule has 29 heavy (non-hydrogen) atoms. The summed E-state index contributed by atoms with van der Waals surface area (Å²) in [5, 5.41) is 1.27. The van der Waals surface area contributed by atoms with E-state index < -0.39 is 0 Å². The van der Waals surface area contributed by atoms with Gasteiger partial charge in [0, 0.05) is 67.3 Å². The second-order valence-corrected chi connectivity index (χ2v) is 7.74. The van der Waals surface area contributed by atoms with Gasteiger partial charge in [0.25, 0.3) is 0 Å². The topological polar surface area (TPSA) is 48.3 Å². The number of hydrogen-bond donors (Lipinski definition) is 1.